The summed E-state index contributed by atoms with van der Waals surface area (Å²) in [5.41, 5.74) is 0.930. The van der Waals surface area contributed by atoms with E-state index < -0.39 is 0 Å². The minimum Gasteiger partial charge on any atom is -0.366 e. The summed E-state index contributed by atoms with van der Waals surface area (Å²) < 4.78 is 1.10. The third-order valence-electron chi connectivity index (χ3n) is 4.04. The van der Waals surface area contributed by atoms with E-state index in [1.165, 1.54) is 25.7 Å². The van der Waals surface area contributed by atoms with Crippen molar-refractivity contribution in [2.75, 3.05) is 19.4 Å². The SMILES string of the molecule is CN(C)[C@H]1CC[C@H](Nc2nc(Cl)nc3ccsc23)CC1. The molecule has 2 aromatic heterocycles. The maximum absolute atomic E-state index is 6.00. The van der Waals surface area contributed by atoms with Crippen LogP contribution in [0.4, 0.5) is 5.82 Å². The fraction of sp³-hybridized carbons (Fsp3) is 0.571. The quantitative estimate of drug-likeness (QED) is 0.879. The standard InChI is InChI=1S/C14H19ClN4S/c1-19(2)10-5-3-9(4-6-10)16-13-12-11(7-8-20-12)17-14(15)18-13/h7-10H,3-6H2,1-2H3,(H,16,17,18)/t9-,10-. The van der Waals surface area contributed by atoms with Crippen LogP contribution in [-0.2, 0) is 0 Å². The van der Waals surface area contributed by atoms with Crippen LogP contribution in [0.2, 0.25) is 5.28 Å². The molecular weight excluding hydrogens is 292 g/mol. The van der Waals surface area contributed by atoms with Gasteiger partial charge >= 0.3 is 0 Å². The predicted octanol–water partition coefficient (Wildman–Crippen LogP) is 3.63. The molecule has 108 valence electrons. The molecule has 1 fully saturated rings. The van der Waals surface area contributed by atoms with Crippen LogP contribution in [0, 0.1) is 0 Å². The molecule has 1 aliphatic rings. The monoisotopic (exact) mass is 310 g/mol. The van der Waals surface area contributed by atoms with Gasteiger partial charge in [-0.25, -0.2) is 4.98 Å². The average Bonchev–Trinajstić information content (AvgIpc) is 2.87. The van der Waals surface area contributed by atoms with Crippen LogP contribution in [0.15, 0.2) is 11.4 Å². The van der Waals surface area contributed by atoms with Gasteiger partial charge in [0.1, 0.15) is 5.82 Å². The molecule has 0 bridgehead atoms. The van der Waals surface area contributed by atoms with Gasteiger partial charge in [-0.3, -0.25) is 0 Å². The first-order valence-corrected chi connectivity index (χ1v) is 8.23. The number of anilines is 1. The number of nitrogens with zero attached hydrogens (tertiary/aromatic N) is 3. The molecular formula is C14H19ClN4S. The van der Waals surface area contributed by atoms with Crippen LogP contribution >= 0.6 is 22.9 Å². The van der Waals surface area contributed by atoms with Gasteiger partial charge in [-0.1, -0.05) is 0 Å². The Bertz CT molecular complexity index is 590. The number of halogens is 1. The third kappa shape index (κ3) is 2.90. The molecule has 2 heterocycles. The van der Waals surface area contributed by atoms with Crippen molar-refractivity contribution in [1.82, 2.24) is 14.9 Å². The van der Waals surface area contributed by atoms with Gasteiger partial charge < -0.3 is 10.2 Å². The summed E-state index contributed by atoms with van der Waals surface area (Å²) in [4.78, 5) is 10.9. The molecule has 0 spiro atoms. The first-order valence-electron chi connectivity index (χ1n) is 6.97. The van der Waals surface area contributed by atoms with Gasteiger partial charge in [-0.2, -0.15) is 4.98 Å². The number of nitrogens with one attached hydrogen (secondary N) is 1. The Morgan fingerprint density at radius 3 is 2.70 bits per heavy atom. The largest absolute Gasteiger partial charge is 0.366 e. The van der Waals surface area contributed by atoms with Crippen molar-refractivity contribution in [3.8, 4) is 0 Å². The second-order valence-corrected chi connectivity index (χ2v) is 6.84. The van der Waals surface area contributed by atoms with Gasteiger partial charge in [0.05, 0.1) is 10.2 Å². The average molecular weight is 311 g/mol. The minimum absolute atomic E-state index is 0.320. The van der Waals surface area contributed by atoms with Crippen molar-refractivity contribution in [2.45, 2.75) is 37.8 Å². The highest BCUT2D eigenvalue weighted by atomic mass is 35.5. The van der Waals surface area contributed by atoms with Crippen molar-refractivity contribution < 1.29 is 0 Å². The zero-order valence-corrected chi connectivity index (χ0v) is 13.3. The molecule has 2 aromatic rings. The molecule has 0 aliphatic heterocycles. The van der Waals surface area contributed by atoms with E-state index in [0.29, 0.717) is 17.4 Å². The maximum Gasteiger partial charge on any atom is 0.224 e. The summed E-state index contributed by atoms with van der Waals surface area (Å²) in [5.74, 6) is 0.892. The molecule has 0 saturated heterocycles. The Balaban J connectivity index is 1.73. The maximum atomic E-state index is 6.00. The number of thiophene rings is 1. The summed E-state index contributed by atoms with van der Waals surface area (Å²) in [6.45, 7) is 0. The van der Waals surface area contributed by atoms with Crippen molar-refractivity contribution >= 4 is 39.0 Å². The van der Waals surface area contributed by atoms with Gasteiger partial charge in [0, 0.05) is 12.1 Å². The predicted molar refractivity (Wildman–Crippen MR) is 85.8 cm³/mol. The topological polar surface area (TPSA) is 41.0 Å². The summed E-state index contributed by atoms with van der Waals surface area (Å²) in [6, 6.07) is 3.19. The second-order valence-electron chi connectivity index (χ2n) is 5.59. The smallest absolute Gasteiger partial charge is 0.224 e. The van der Waals surface area contributed by atoms with Crippen molar-refractivity contribution in [3.63, 3.8) is 0 Å². The molecule has 1 aliphatic carbocycles. The number of hydrogen-bond donors (Lipinski definition) is 1. The lowest BCUT2D eigenvalue weighted by Gasteiger charge is -2.33. The highest BCUT2D eigenvalue weighted by Gasteiger charge is 2.23. The Morgan fingerprint density at radius 2 is 2.00 bits per heavy atom. The normalized spacial score (nSPS) is 23.4. The van der Waals surface area contributed by atoms with Gasteiger partial charge in [-0.15, -0.1) is 11.3 Å². The number of fused-ring (bicyclic) bond motifs is 1. The van der Waals surface area contributed by atoms with E-state index in [9.17, 15) is 0 Å². The lowest BCUT2D eigenvalue weighted by atomic mass is 9.90. The molecule has 1 N–H and O–H groups in total. The highest BCUT2D eigenvalue weighted by Crippen LogP contribution is 2.30. The van der Waals surface area contributed by atoms with Crippen LogP contribution in [-0.4, -0.2) is 41.0 Å². The molecule has 0 atom stereocenters. The fourth-order valence-corrected chi connectivity index (χ4v) is 3.82. The summed E-state index contributed by atoms with van der Waals surface area (Å²) in [5, 5.41) is 5.92. The number of aromatic nitrogens is 2. The molecule has 3 rings (SSSR count). The zero-order chi connectivity index (χ0) is 14.1. The molecule has 0 radical (unpaired) electrons. The van der Waals surface area contributed by atoms with Gasteiger partial charge in [0.15, 0.2) is 0 Å². The lowest BCUT2D eigenvalue weighted by molar-refractivity contribution is 0.221. The molecule has 1 saturated carbocycles. The molecule has 0 amide bonds. The third-order valence-corrected chi connectivity index (χ3v) is 5.12. The van der Waals surface area contributed by atoms with E-state index in [2.05, 4.69) is 34.3 Å². The van der Waals surface area contributed by atoms with E-state index in [1.54, 1.807) is 11.3 Å². The first-order chi connectivity index (χ1) is 9.63. The van der Waals surface area contributed by atoms with Crippen LogP contribution in [0.3, 0.4) is 0 Å². The first kappa shape index (κ1) is 14.0. The van der Waals surface area contributed by atoms with Gasteiger partial charge in [0.25, 0.3) is 0 Å². The Hall–Kier alpha value is -0.910. The second kappa shape index (κ2) is 5.84. The Morgan fingerprint density at radius 1 is 1.25 bits per heavy atom. The van der Waals surface area contributed by atoms with Crippen molar-refractivity contribution in [2.24, 2.45) is 0 Å². The molecule has 0 aromatic carbocycles. The summed E-state index contributed by atoms with van der Waals surface area (Å²) in [6.07, 6.45) is 4.82. The van der Waals surface area contributed by atoms with E-state index in [0.717, 1.165) is 16.0 Å². The summed E-state index contributed by atoms with van der Waals surface area (Å²) in [7, 11) is 4.33. The fourth-order valence-electron chi connectivity index (χ4n) is 2.86. The summed E-state index contributed by atoms with van der Waals surface area (Å²) >= 11 is 7.66. The minimum atomic E-state index is 0.320. The molecule has 6 heteroatoms. The van der Waals surface area contributed by atoms with Crippen molar-refractivity contribution in [1.29, 1.82) is 0 Å². The van der Waals surface area contributed by atoms with Crippen LogP contribution in [0.1, 0.15) is 25.7 Å². The van der Waals surface area contributed by atoms with Gasteiger partial charge in [0.2, 0.25) is 5.28 Å². The van der Waals surface area contributed by atoms with Crippen LogP contribution in [0.5, 0.6) is 0 Å². The molecule has 20 heavy (non-hydrogen) atoms. The van der Waals surface area contributed by atoms with Crippen LogP contribution < -0.4 is 5.32 Å². The van der Waals surface area contributed by atoms with E-state index in [1.807, 2.05) is 11.4 Å². The van der Waals surface area contributed by atoms with E-state index in [4.69, 9.17) is 11.6 Å². The molecule has 0 unspecified atom stereocenters. The van der Waals surface area contributed by atoms with Crippen molar-refractivity contribution in [3.05, 3.63) is 16.7 Å². The van der Waals surface area contributed by atoms with Crippen LogP contribution in [0.25, 0.3) is 10.2 Å². The lowest BCUT2D eigenvalue weighted by Crippen LogP contribution is -2.36. The Labute approximate surface area is 128 Å². The van der Waals surface area contributed by atoms with E-state index >= 15 is 0 Å². The number of hydrogen-bond acceptors (Lipinski definition) is 5. The Kier molecular flexibility index (Phi) is 4.10. The van der Waals surface area contributed by atoms with Gasteiger partial charge in [-0.05, 0) is 62.8 Å². The van der Waals surface area contributed by atoms with E-state index in [-0.39, 0.29) is 0 Å². The zero-order valence-electron chi connectivity index (χ0n) is 11.8. The molecule has 4 nitrogen and oxygen atoms in total. The highest BCUT2D eigenvalue weighted by molar-refractivity contribution is 7.17. The number of rotatable bonds is 3.